The second-order valence-corrected chi connectivity index (χ2v) is 2.43. The van der Waals surface area contributed by atoms with E-state index in [4.69, 9.17) is 4.74 Å². The minimum absolute atomic E-state index is 0.192. The van der Waals surface area contributed by atoms with E-state index in [2.05, 4.69) is 6.08 Å². The first kappa shape index (κ1) is 10.4. The van der Waals surface area contributed by atoms with Crippen LogP contribution < -0.4 is 0 Å². The van der Waals surface area contributed by atoms with Crippen LogP contribution in [0.15, 0.2) is 12.2 Å². The van der Waals surface area contributed by atoms with Gasteiger partial charge < -0.3 is 4.74 Å². The van der Waals surface area contributed by atoms with Gasteiger partial charge in [-0.1, -0.05) is 12.2 Å². The zero-order chi connectivity index (χ0) is 8.53. The lowest BCUT2D eigenvalue weighted by molar-refractivity contribution is -0.122. The maximum Gasteiger partial charge on any atom is 0.158 e. The molecule has 0 radical (unpaired) electrons. The minimum Gasteiger partial charge on any atom is -0.377 e. The van der Waals surface area contributed by atoms with Crippen molar-refractivity contribution < 1.29 is 9.53 Å². The molecule has 0 aromatic carbocycles. The van der Waals surface area contributed by atoms with Crippen LogP contribution in [0.2, 0.25) is 0 Å². The number of ether oxygens (including phenoxy) is 1. The van der Waals surface area contributed by atoms with Gasteiger partial charge in [0.05, 0.1) is 0 Å². The predicted octanol–water partition coefficient (Wildman–Crippen LogP) is 1.95. The number of Topliss-reactive ketones (excluding diaryl/α,β-unsaturated/α-hetero) is 1. The Balaban J connectivity index is 3.17. The molecule has 0 saturated heterocycles. The lowest BCUT2D eigenvalue weighted by atomic mass is 10.2. The van der Waals surface area contributed by atoms with Crippen molar-refractivity contribution in [3.8, 4) is 0 Å². The normalized spacial score (nSPS) is 10.7. The second-order valence-electron chi connectivity index (χ2n) is 2.43. The minimum atomic E-state index is 0.192. The highest BCUT2D eigenvalue weighted by Crippen LogP contribution is 1.97. The smallest absolute Gasteiger partial charge is 0.158 e. The lowest BCUT2D eigenvalue weighted by Crippen LogP contribution is -2.05. The van der Waals surface area contributed by atoms with Gasteiger partial charge in [0.25, 0.3) is 0 Å². The molecule has 0 aliphatic carbocycles. The summed E-state index contributed by atoms with van der Waals surface area (Å²) in [4.78, 5) is 10.9. The molecule has 0 aliphatic heterocycles. The summed E-state index contributed by atoms with van der Waals surface area (Å²) in [5.74, 6) is 0.192. The van der Waals surface area contributed by atoms with Gasteiger partial charge in [-0.2, -0.15) is 0 Å². The van der Waals surface area contributed by atoms with Gasteiger partial charge in [0.15, 0.2) is 5.78 Å². The summed E-state index contributed by atoms with van der Waals surface area (Å²) in [5.41, 5.74) is 0. The fraction of sp³-hybridized carbons (Fsp3) is 0.667. The van der Waals surface area contributed by atoms with Crippen molar-refractivity contribution in [2.75, 3.05) is 13.7 Å². The summed E-state index contributed by atoms with van der Waals surface area (Å²) in [7, 11) is 1.55. The zero-order valence-electron chi connectivity index (χ0n) is 7.30. The lowest BCUT2D eigenvalue weighted by Gasteiger charge is -1.96. The maximum atomic E-state index is 10.9. The second kappa shape index (κ2) is 7.48. The van der Waals surface area contributed by atoms with Gasteiger partial charge in [-0.15, -0.1) is 0 Å². The molecule has 0 N–H and O–H groups in total. The van der Waals surface area contributed by atoms with E-state index < -0.39 is 0 Å². The molecule has 11 heavy (non-hydrogen) atoms. The average molecular weight is 156 g/mol. The summed E-state index contributed by atoms with van der Waals surface area (Å²) in [5, 5.41) is 0. The molecule has 0 rings (SSSR count). The van der Waals surface area contributed by atoms with E-state index in [-0.39, 0.29) is 12.4 Å². The summed E-state index contributed by atoms with van der Waals surface area (Å²) in [6.45, 7) is 2.24. The molecule has 0 saturated carbocycles. The van der Waals surface area contributed by atoms with Crippen molar-refractivity contribution in [3.63, 3.8) is 0 Å². The number of methoxy groups -OCH3 is 1. The standard InChI is InChI=1S/C9H16O2/c1-3-4-5-6-7-9(10)8-11-2/h3-4H,5-8H2,1-2H3/b4-3-. The third-order valence-electron chi connectivity index (χ3n) is 1.37. The van der Waals surface area contributed by atoms with E-state index in [1.54, 1.807) is 7.11 Å². The average Bonchev–Trinajstić information content (AvgIpc) is 1.99. The number of ketones is 1. The van der Waals surface area contributed by atoms with Gasteiger partial charge in [-0.05, 0) is 19.8 Å². The molecule has 0 unspecified atom stereocenters. The Kier molecular flexibility index (Phi) is 7.05. The SMILES string of the molecule is C/C=C\CCCC(=O)COC. The highest BCUT2D eigenvalue weighted by atomic mass is 16.5. The van der Waals surface area contributed by atoms with E-state index in [0.717, 1.165) is 12.8 Å². The van der Waals surface area contributed by atoms with Crippen molar-refractivity contribution in [1.82, 2.24) is 0 Å². The number of carbonyl (C=O) groups excluding carboxylic acids is 1. The fourth-order valence-electron chi connectivity index (χ4n) is 0.817. The van der Waals surface area contributed by atoms with Crippen LogP contribution in [0, 0.1) is 0 Å². The Morgan fingerprint density at radius 2 is 2.27 bits per heavy atom. The molecule has 2 heteroatoms. The molecule has 0 spiro atoms. The Morgan fingerprint density at radius 1 is 1.55 bits per heavy atom. The Morgan fingerprint density at radius 3 is 2.82 bits per heavy atom. The summed E-state index contributed by atoms with van der Waals surface area (Å²) in [6.07, 6.45) is 6.64. The molecule has 0 fully saturated rings. The Labute approximate surface area is 68.2 Å². The summed E-state index contributed by atoms with van der Waals surface area (Å²) < 4.78 is 4.69. The van der Waals surface area contributed by atoms with E-state index in [1.807, 2.05) is 13.0 Å². The van der Waals surface area contributed by atoms with Crippen molar-refractivity contribution in [1.29, 1.82) is 0 Å². The van der Waals surface area contributed by atoms with Gasteiger partial charge in [-0.25, -0.2) is 0 Å². The van der Waals surface area contributed by atoms with Gasteiger partial charge >= 0.3 is 0 Å². The molecule has 0 atom stereocenters. The van der Waals surface area contributed by atoms with Gasteiger partial charge in [0, 0.05) is 13.5 Å². The van der Waals surface area contributed by atoms with Crippen molar-refractivity contribution in [2.24, 2.45) is 0 Å². The first-order chi connectivity index (χ1) is 5.31. The van der Waals surface area contributed by atoms with Crippen LogP contribution in [0.1, 0.15) is 26.2 Å². The number of hydrogen-bond donors (Lipinski definition) is 0. The van der Waals surface area contributed by atoms with Crippen LogP contribution in [0.3, 0.4) is 0 Å². The van der Waals surface area contributed by atoms with E-state index in [0.29, 0.717) is 6.42 Å². The molecule has 64 valence electrons. The molecule has 0 heterocycles. The molecule has 0 amide bonds. The van der Waals surface area contributed by atoms with Crippen LogP contribution >= 0.6 is 0 Å². The predicted molar refractivity (Wildman–Crippen MR) is 45.5 cm³/mol. The largest absolute Gasteiger partial charge is 0.377 e. The van der Waals surface area contributed by atoms with Gasteiger partial charge in [0.1, 0.15) is 6.61 Å². The van der Waals surface area contributed by atoms with Crippen LogP contribution in [-0.4, -0.2) is 19.5 Å². The highest BCUT2D eigenvalue weighted by Gasteiger charge is 1.97. The molecular weight excluding hydrogens is 140 g/mol. The number of allylic oxidation sites excluding steroid dienone is 2. The quantitative estimate of drug-likeness (QED) is 0.434. The van der Waals surface area contributed by atoms with E-state index in [9.17, 15) is 4.79 Å². The molecule has 0 bridgehead atoms. The van der Waals surface area contributed by atoms with Gasteiger partial charge in [-0.3, -0.25) is 4.79 Å². The number of unbranched alkanes of at least 4 members (excludes halogenated alkanes) is 1. The third-order valence-corrected chi connectivity index (χ3v) is 1.37. The fourth-order valence-corrected chi connectivity index (χ4v) is 0.817. The topological polar surface area (TPSA) is 26.3 Å². The van der Waals surface area contributed by atoms with Crippen molar-refractivity contribution in [2.45, 2.75) is 26.2 Å². The monoisotopic (exact) mass is 156 g/mol. The van der Waals surface area contributed by atoms with E-state index in [1.165, 1.54) is 0 Å². The number of carbonyl (C=O) groups is 1. The summed E-state index contributed by atoms with van der Waals surface area (Å²) in [6, 6.07) is 0. The summed E-state index contributed by atoms with van der Waals surface area (Å²) >= 11 is 0. The van der Waals surface area contributed by atoms with Crippen LogP contribution in [0.25, 0.3) is 0 Å². The Bertz CT molecular complexity index is 128. The number of rotatable bonds is 6. The van der Waals surface area contributed by atoms with Crippen LogP contribution in [0.4, 0.5) is 0 Å². The van der Waals surface area contributed by atoms with Crippen LogP contribution in [0.5, 0.6) is 0 Å². The molecule has 0 aromatic heterocycles. The molecule has 2 nitrogen and oxygen atoms in total. The Hall–Kier alpha value is -0.630. The van der Waals surface area contributed by atoms with Crippen molar-refractivity contribution in [3.05, 3.63) is 12.2 Å². The zero-order valence-corrected chi connectivity index (χ0v) is 7.30. The van der Waals surface area contributed by atoms with Crippen LogP contribution in [-0.2, 0) is 9.53 Å². The first-order valence-electron chi connectivity index (χ1n) is 3.93. The highest BCUT2D eigenvalue weighted by molar-refractivity contribution is 5.79. The van der Waals surface area contributed by atoms with Gasteiger partial charge in [0.2, 0.25) is 0 Å². The van der Waals surface area contributed by atoms with E-state index >= 15 is 0 Å². The first-order valence-corrected chi connectivity index (χ1v) is 3.93. The maximum absolute atomic E-state index is 10.9. The van der Waals surface area contributed by atoms with Crippen molar-refractivity contribution >= 4 is 5.78 Å². The third kappa shape index (κ3) is 7.26. The molecular formula is C9H16O2. The number of hydrogen-bond acceptors (Lipinski definition) is 2. The molecule has 0 aromatic rings. The molecule has 0 aliphatic rings.